The highest BCUT2D eigenvalue weighted by atomic mass is 16.2. The van der Waals surface area contributed by atoms with Gasteiger partial charge in [-0.25, -0.2) is 0 Å². The molecular weight excluding hydrogens is 342 g/mol. The lowest BCUT2D eigenvalue weighted by Crippen LogP contribution is -2.50. The van der Waals surface area contributed by atoms with E-state index in [1.807, 2.05) is 44.3 Å². The van der Waals surface area contributed by atoms with E-state index in [0.717, 1.165) is 28.7 Å². The fraction of sp³-hybridized carbons (Fsp3) is 0.350. The molecule has 1 aliphatic heterocycles. The van der Waals surface area contributed by atoms with Gasteiger partial charge in [0.25, 0.3) is 5.91 Å². The Kier molecular flexibility index (Phi) is 4.43. The van der Waals surface area contributed by atoms with Gasteiger partial charge in [0.2, 0.25) is 5.91 Å². The average molecular weight is 365 g/mol. The topological polar surface area (TPSA) is 91.8 Å². The average Bonchev–Trinajstić information content (AvgIpc) is 3.26. The van der Waals surface area contributed by atoms with E-state index in [4.69, 9.17) is 0 Å². The molecule has 0 spiro atoms. The number of fused-ring (bicyclic) bond motifs is 1. The van der Waals surface area contributed by atoms with E-state index in [-0.39, 0.29) is 23.9 Å². The second-order valence-electron chi connectivity index (χ2n) is 6.91. The Morgan fingerprint density at radius 1 is 1.37 bits per heavy atom. The second-order valence-corrected chi connectivity index (χ2v) is 6.91. The van der Waals surface area contributed by atoms with Crippen LogP contribution in [0.3, 0.4) is 0 Å². The van der Waals surface area contributed by atoms with Crippen LogP contribution in [0.2, 0.25) is 0 Å². The molecule has 2 atom stereocenters. The van der Waals surface area contributed by atoms with Gasteiger partial charge in [0.1, 0.15) is 0 Å². The maximum absolute atomic E-state index is 12.8. The van der Waals surface area contributed by atoms with Crippen molar-refractivity contribution >= 4 is 22.7 Å². The van der Waals surface area contributed by atoms with E-state index >= 15 is 0 Å². The maximum atomic E-state index is 12.8. The Bertz CT molecular complexity index is 1000. The number of nitrogens with one attached hydrogen (secondary N) is 3. The minimum absolute atomic E-state index is 0.00534. The number of benzene rings is 1. The van der Waals surface area contributed by atoms with Gasteiger partial charge < -0.3 is 15.6 Å². The van der Waals surface area contributed by atoms with Crippen LogP contribution in [0.4, 0.5) is 0 Å². The summed E-state index contributed by atoms with van der Waals surface area (Å²) in [7, 11) is 0. The molecule has 3 N–H and O–H groups in total. The predicted molar refractivity (Wildman–Crippen MR) is 102 cm³/mol. The van der Waals surface area contributed by atoms with Crippen LogP contribution >= 0.6 is 0 Å². The fourth-order valence-electron chi connectivity index (χ4n) is 3.84. The highest BCUT2D eigenvalue weighted by Gasteiger charge is 2.33. The molecule has 3 aromatic rings. The number of piperidine rings is 1. The minimum Gasteiger partial charge on any atom is -0.361 e. The van der Waals surface area contributed by atoms with Crippen molar-refractivity contribution < 1.29 is 9.59 Å². The SMILES string of the molecule is CCn1ncc(C(=O)N[C@@H]2CCC(=O)N[C@H]2c2c[nH]c3ccccc23)c1C. The normalized spacial score (nSPS) is 19.9. The van der Waals surface area contributed by atoms with Gasteiger partial charge >= 0.3 is 0 Å². The van der Waals surface area contributed by atoms with Gasteiger partial charge in [0, 0.05) is 41.3 Å². The molecule has 0 unspecified atom stereocenters. The van der Waals surface area contributed by atoms with Gasteiger partial charge in [0.05, 0.1) is 23.8 Å². The summed E-state index contributed by atoms with van der Waals surface area (Å²) in [5.41, 5.74) is 3.42. The van der Waals surface area contributed by atoms with Crippen molar-refractivity contribution in [3.63, 3.8) is 0 Å². The number of aryl methyl sites for hydroxylation is 1. The fourth-order valence-corrected chi connectivity index (χ4v) is 3.84. The summed E-state index contributed by atoms with van der Waals surface area (Å²) < 4.78 is 1.80. The molecular formula is C20H23N5O2. The standard InChI is InChI=1S/C20H23N5O2/c1-3-25-12(2)14(11-22-25)20(27)23-17-8-9-18(26)24-19(17)15-10-21-16-7-5-4-6-13(15)16/h4-7,10-11,17,19,21H,3,8-9H2,1-2H3,(H,23,27)(H,24,26)/t17-,19+/m1/s1. The molecule has 2 amide bonds. The molecule has 1 aliphatic rings. The molecule has 0 saturated carbocycles. The summed E-state index contributed by atoms with van der Waals surface area (Å²) in [5.74, 6) is -0.149. The van der Waals surface area contributed by atoms with E-state index in [9.17, 15) is 9.59 Å². The summed E-state index contributed by atoms with van der Waals surface area (Å²) in [6.45, 7) is 4.60. The van der Waals surface area contributed by atoms with Crippen molar-refractivity contribution in [2.45, 2.75) is 45.3 Å². The number of nitrogens with zero attached hydrogens (tertiary/aromatic N) is 2. The van der Waals surface area contributed by atoms with E-state index < -0.39 is 0 Å². The number of hydrogen-bond donors (Lipinski definition) is 3. The van der Waals surface area contributed by atoms with Gasteiger partial charge in [-0.05, 0) is 26.3 Å². The van der Waals surface area contributed by atoms with E-state index in [1.165, 1.54) is 0 Å². The molecule has 0 radical (unpaired) electrons. The van der Waals surface area contributed by atoms with Crippen molar-refractivity contribution in [3.05, 3.63) is 53.5 Å². The van der Waals surface area contributed by atoms with Crippen LogP contribution in [0.15, 0.2) is 36.7 Å². The Hall–Kier alpha value is -3.09. The molecule has 0 aliphatic carbocycles. The van der Waals surface area contributed by atoms with Gasteiger partial charge in [-0.15, -0.1) is 0 Å². The zero-order valence-electron chi connectivity index (χ0n) is 15.5. The van der Waals surface area contributed by atoms with E-state index in [1.54, 1.807) is 10.9 Å². The number of H-pyrrole nitrogens is 1. The molecule has 2 aromatic heterocycles. The zero-order valence-corrected chi connectivity index (χ0v) is 15.5. The molecule has 3 heterocycles. The molecule has 7 nitrogen and oxygen atoms in total. The first kappa shape index (κ1) is 17.3. The number of rotatable bonds is 4. The number of carbonyl (C=O) groups is 2. The second kappa shape index (κ2) is 6.90. The third kappa shape index (κ3) is 3.09. The van der Waals surface area contributed by atoms with Gasteiger partial charge in [-0.1, -0.05) is 18.2 Å². The quantitative estimate of drug-likeness (QED) is 0.663. The number of aromatic amines is 1. The Labute approximate surface area is 157 Å². The summed E-state index contributed by atoms with van der Waals surface area (Å²) in [6, 6.07) is 7.51. The molecule has 1 aromatic carbocycles. The molecule has 7 heteroatoms. The van der Waals surface area contributed by atoms with Crippen molar-refractivity contribution in [2.75, 3.05) is 0 Å². The first-order valence-corrected chi connectivity index (χ1v) is 9.27. The Morgan fingerprint density at radius 2 is 2.19 bits per heavy atom. The molecule has 1 saturated heterocycles. The monoisotopic (exact) mass is 365 g/mol. The number of amides is 2. The number of para-hydroxylation sites is 1. The highest BCUT2D eigenvalue weighted by Crippen LogP contribution is 2.30. The van der Waals surface area contributed by atoms with Gasteiger partial charge in [-0.2, -0.15) is 5.10 Å². The smallest absolute Gasteiger partial charge is 0.255 e. The van der Waals surface area contributed by atoms with E-state index in [2.05, 4.69) is 20.7 Å². The lowest BCUT2D eigenvalue weighted by Gasteiger charge is -2.32. The molecule has 1 fully saturated rings. The summed E-state index contributed by atoms with van der Waals surface area (Å²) in [5, 5.41) is 11.5. The number of carbonyl (C=O) groups excluding carboxylic acids is 2. The van der Waals surface area contributed by atoms with Crippen LogP contribution in [-0.4, -0.2) is 32.6 Å². The van der Waals surface area contributed by atoms with Crippen molar-refractivity contribution in [3.8, 4) is 0 Å². The summed E-state index contributed by atoms with van der Waals surface area (Å²) in [4.78, 5) is 28.1. The molecule has 0 bridgehead atoms. The first-order chi connectivity index (χ1) is 13.1. The van der Waals surface area contributed by atoms with Gasteiger partial charge in [0.15, 0.2) is 0 Å². The van der Waals surface area contributed by atoms with Crippen LogP contribution in [0.1, 0.15) is 47.4 Å². The third-order valence-electron chi connectivity index (χ3n) is 5.32. The number of hydrogen-bond acceptors (Lipinski definition) is 3. The number of aromatic nitrogens is 3. The zero-order chi connectivity index (χ0) is 19.0. The summed E-state index contributed by atoms with van der Waals surface area (Å²) >= 11 is 0. The van der Waals surface area contributed by atoms with Crippen LogP contribution in [0, 0.1) is 6.92 Å². The lowest BCUT2D eigenvalue weighted by molar-refractivity contribution is -0.123. The maximum Gasteiger partial charge on any atom is 0.255 e. The first-order valence-electron chi connectivity index (χ1n) is 9.27. The third-order valence-corrected chi connectivity index (χ3v) is 5.32. The molecule has 140 valence electrons. The van der Waals surface area contributed by atoms with Crippen LogP contribution in [-0.2, 0) is 11.3 Å². The lowest BCUT2D eigenvalue weighted by atomic mass is 9.91. The van der Waals surface area contributed by atoms with Crippen LogP contribution in [0.25, 0.3) is 10.9 Å². The largest absolute Gasteiger partial charge is 0.361 e. The summed E-state index contributed by atoms with van der Waals surface area (Å²) in [6.07, 6.45) is 4.52. The highest BCUT2D eigenvalue weighted by molar-refractivity contribution is 5.95. The minimum atomic E-state index is -0.270. The predicted octanol–water partition coefficient (Wildman–Crippen LogP) is 2.44. The van der Waals surface area contributed by atoms with Crippen LogP contribution in [0.5, 0.6) is 0 Å². The van der Waals surface area contributed by atoms with Crippen molar-refractivity contribution in [1.82, 2.24) is 25.4 Å². The van der Waals surface area contributed by atoms with Gasteiger partial charge in [-0.3, -0.25) is 14.3 Å². The molecule has 27 heavy (non-hydrogen) atoms. The van der Waals surface area contributed by atoms with Crippen molar-refractivity contribution in [1.29, 1.82) is 0 Å². The van der Waals surface area contributed by atoms with E-state index in [0.29, 0.717) is 18.4 Å². The Morgan fingerprint density at radius 3 is 2.96 bits per heavy atom. The Balaban J connectivity index is 1.62. The van der Waals surface area contributed by atoms with Crippen molar-refractivity contribution in [2.24, 2.45) is 0 Å². The van der Waals surface area contributed by atoms with Crippen LogP contribution < -0.4 is 10.6 Å². The molecule has 4 rings (SSSR count).